The van der Waals surface area contributed by atoms with Crippen LogP contribution in [-0.2, 0) is 0 Å². The van der Waals surface area contributed by atoms with Gasteiger partial charge in [-0.2, -0.15) is 0 Å². The minimum absolute atomic E-state index is 0.244. The lowest BCUT2D eigenvalue weighted by atomic mass is 9.85. The smallest absolute Gasteiger partial charge is 0.225 e. The number of nitrogens with one attached hydrogen (secondary N) is 1. The fourth-order valence-electron chi connectivity index (χ4n) is 2.60. The van der Waals surface area contributed by atoms with Crippen molar-refractivity contribution in [3.8, 4) is 0 Å². The van der Waals surface area contributed by atoms with Crippen molar-refractivity contribution < 1.29 is 5.11 Å². The van der Waals surface area contributed by atoms with Crippen molar-refractivity contribution in [3.63, 3.8) is 0 Å². The highest BCUT2D eigenvalue weighted by Crippen LogP contribution is 2.30. The van der Waals surface area contributed by atoms with Gasteiger partial charge < -0.3 is 10.4 Å². The van der Waals surface area contributed by atoms with Gasteiger partial charge in [0.2, 0.25) is 5.28 Å². The minimum atomic E-state index is -0.613. The van der Waals surface area contributed by atoms with Crippen LogP contribution in [0.25, 0.3) is 10.2 Å². The van der Waals surface area contributed by atoms with E-state index in [9.17, 15) is 5.11 Å². The first-order chi connectivity index (χ1) is 9.16. The number of rotatable bonds is 3. The fraction of sp³-hybridized carbons (Fsp3) is 0.538. The summed E-state index contributed by atoms with van der Waals surface area (Å²) in [6.07, 6.45) is 5.11. The molecule has 0 amide bonds. The number of aliphatic hydroxyl groups is 1. The van der Waals surface area contributed by atoms with Gasteiger partial charge in [-0.05, 0) is 35.9 Å². The molecule has 3 rings (SSSR count). The van der Waals surface area contributed by atoms with Crippen molar-refractivity contribution in [2.45, 2.75) is 37.7 Å². The van der Waals surface area contributed by atoms with Crippen LogP contribution in [0.4, 0.5) is 5.82 Å². The summed E-state index contributed by atoms with van der Waals surface area (Å²) in [6, 6.07) is 1.98. The number of nitrogens with zero attached hydrogens (tertiary/aromatic N) is 2. The quantitative estimate of drug-likeness (QED) is 0.852. The molecule has 0 atom stereocenters. The molecule has 0 spiro atoms. The lowest BCUT2D eigenvalue weighted by Gasteiger charge is -2.32. The molecule has 2 aromatic heterocycles. The number of thiophene rings is 1. The van der Waals surface area contributed by atoms with E-state index in [4.69, 9.17) is 11.6 Å². The molecule has 0 bridgehead atoms. The van der Waals surface area contributed by atoms with Crippen molar-refractivity contribution in [2.75, 3.05) is 11.9 Å². The Bertz CT molecular complexity index is 580. The first-order valence-electron chi connectivity index (χ1n) is 6.53. The third kappa shape index (κ3) is 2.83. The van der Waals surface area contributed by atoms with E-state index >= 15 is 0 Å². The average molecular weight is 298 g/mol. The van der Waals surface area contributed by atoms with Crippen LogP contribution in [0.1, 0.15) is 32.1 Å². The summed E-state index contributed by atoms with van der Waals surface area (Å²) in [5.74, 6) is 0.718. The van der Waals surface area contributed by atoms with E-state index in [1.165, 1.54) is 17.8 Å². The predicted molar refractivity (Wildman–Crippen MR) is 78.9 cm³/mol. The molecule has 2 N–H and O–H groups in total. The van der Waals surface area contributed by atoms with Crippen molar-refractivity contribution >= 4 is 39.0 Å². The standard InChI is InChI=1S/C13H16ClN3OS/c14-12-16-10(9-4-7-19-11(9)17-12)15-8-13(18)5-2-1-3-6-13/h4,7,18H,1-3,5-6,8H2,(H,15,16,17). The molecule has 1 aliphatic carbocycles. The fourth-order valence-corrected chi connectivity index (χ4v) is 3.58. The normalized spacial score (nSPS) is 18.6. The Hall–Kier alpha value is -0.910. The van der Waals surface area contributed by atoms with Crippen LogP contribution in [0, 0.1) is 0 Å². The first kappa shape index (κ1) is 13.1. The molecule has 4 nitrogen and oxygen atoms in total. The van der Waals surface area contributed by atoms with Crippen molar-refractivity contribution in [3.05, 3.63) is 16.7 Å². The van der Waals surface area contributed by atoms with Gasteiger partial charge in [-0.25, -0.2) is 9.97 Å². The van der Waals surface area contributed by atoms with Gasteiger partial charge in [-0.3, -0.25) is 0 Å². The van der Waals surface area contributed by atoms with Crippen molar-refractivity contribution in [1.29, 1.82) is 0 Å². The third-order valence-electron chi connectivity index (χ3n) is 3.67. The van der Waals surface area contributed by atoms with Crippen LogP contribution < -0.4 is 5.32 Å². The molecular weight excluding hydrogens is 282 g/mol. The molecular formula is C13H16ClN3OS. The van der Waals surface area contributed by atoms with Crippen LogP contribution in [0.5, 0.6) is 0 Å². The summed E-state index contributed by atoms with van der Waals surface area (Å²) in [5, 5.41) is 16.9. The zero-order valence-corrected chi connectivity index (χ0v) is 12.1. The summed E-state index contributed by atoms with van der Waals surface area (Å²) in [5.41, 5.74) is -0.613. The molecule has 1 saturated carbocycles. The van der Waals surface area contributed by atoms with Gasteiger partial charge in [0.1, 0.15) is 10.6 Å². The SMILES string of the molecule is OC1(CNc2nc(Cl)nc3sccc23)CCCCC1. The molecule has 0 aromatic carbocycles. The number of hydrogen-bond acceptors (Lipinski definition) is 5. The molecule has 102 valence electrons. The number of halogens is 1. The summed E-state index contributed by atoms with van der Waals surface area (Å²) < 4.78 is 0. The van der Waals surface area contributed by atoms with Gasteiger partial charge >= 0.3 is 0 Å². The highest BCUT2D eigenvalue weighted by atomic mass is 35.5. The van der Waals surface area contributed by atoms with Gasteiger partial charge in [0, 0.05) is 6.54 Å². The molecule has 0 aliphatic heterocycles. The maximum atomic E-state index is 10.5. The first-order valence-corrected chi connectivity index (χ1v) is 7.79. The summed E-state index contributed by atoms with van der Waals surface area (Å²) in [6.45, 7) is 0.519. The van der Waals surface area contributed by atoms with E-state index < -0.39 is 5.60 Å². The number of hydrogen-bond donors (Lipinski definition) is 2. The lowest BCUT2D eigenvalue weighted by molar-refractivity contribution is 0.0167. The molecule has 1 aliphatic rings. The topological polar surface area (TPSA) is 58.0 Å². The van der Waals surface area contributed by atoms with Crippen LogP contribution in [0.3, 0.4) is 0 Å². The summed E-state index contributed by atoms with van der Waals surface area (Å²) in [4.78, 5) is 9.28. The average Bonchev–Trinajstić information content (AvgIpc) is 2.85. The Morgan fingerprint density at radius 3 is 2.89 bits per heavy atom. The predicted octanol–water partition coefficient (Wildman–Crippen LogP) is 3.45. The van der Waals surface area contributed by atoms with Gasteiger partial charge in [-0.15, -0.1) is 11.3 Å². The second-order valence-electron chi connectivity index (χ2n) is 5.12. The van der Waals surface area contributed by atoms with E-state index in [1.54, 1.807) is 0 Å². The van der Waals surface area contributed by atoms with Crippen molar-refractivity contribution in [1.82, 2.24) is 9.97 Å². The van der Waals surface area contributed by atoms with E-state index in [0.29, 0.717) is 6.54 Å². The van der Waals surface area contributed by atoms with Crippen molar-refractivity contribution in [2.24, 2.45) is 0 Å². The van der Waals surface area contributed by atoms with Gasteiger partial charge in [0.05, 0.1) is 11.0 Å². The van der Waals surface area contributed by atoms with Crippen LogP contribution in [0.15, 0.2) is 11.4 Å². The Morgan fingerprint density at radius 2 is 2.11 bits per heavy atom. The molecule has 2 aromatic rings. The molecule has 1 fully saturated rings. The van der Waals surface area contributed by atoms with E-state index in [1.807, 2.05) is 11.4 Å². The van der Waals surface area contributed by atoms with E-state index in [2.05, 4.69) is 15.3 Å². The maximum absolute atomic E-state index is 10.5. The monoisotopic (exact) mass is 297 g/mol. The number of anilines is 1. The molecule has 0 saturated heterocycles. The third-order valence-corrected chi connectivity index (χ3v) is 4.64. The largest absolute Gasteiger partial charge is 0.388 e. The number of fused-ring (bicyclic) bond motifs is 1. The van der Waals surface area contributed by atoms with Gasteiger partial charge in [0.15, 0.2) is 0 Å². The summed E-state index contributed by atoms with van der Waals surface area (Å²) >= 11 is 7.46. The zero-order chi connectivity index (χ0) is 13.3. The highest BCUT2D eigenvalue weighted by molar-refractivity contribution is 7.16. The Morgan fingerprint density at radius 1 is 1.32 bits per heavy atom. The second kappa shape index (κ2) is 5.23. The van der Waals surface area contributed by atoms with Crippen LogP contribution in [0.2, 0.25) is 5.28 Å². The zero-order valence-electron chi connectivity index (χ0n) is 10.5. The van der Waals surface area contributed by atoms with E-state index in [-0.39, 0.29) is 5.28 Å². The molecule has 2 heterocycles. The Labute approximate surface area is 120 Å². The molecule has 0 radical (unpaired) electrons. The second-order valence-corrected chi connectivity index (χ2v) is 6.35. The molecule has 0 unspecified atom stereocenters. The maximum Gasteiger partial charge on any atom is 0.225 e. The van der Waals surface area contributed by atoms with Gasteiger partial charge in [-0.1, -0.05) is 19.3 Å². The molecule has 19 heavy (non-hydrogen) atoms. The minimum Gasteiger partial charge on any atom is -0.388 e. The van der Waals surface area contributed by atoms with Crippen LogP contribution in [-0.4, -0.2) is 27.2 Å². The number of aromatic nitrogens is 2. The highest BCUT2D eigenvalue weighted by Gasteiger charge is 2.29. The Balaban J connectivity index is 1.79. The van der Waals surface area contributed by atoms with E-state index in [0.717, 1.165) is 41.7 Å². The molecule has 6 heteroatoms. The van der Waals surface area contributed by atoms with Crippen LogP contribution >= 0.6 is 22.9 Å². The van der Waals surface area contributed by atoms with Gasteiger partial charge in [0.25, 0.3) is 0 Å². The summed E-state index contributed by atoms with van der Waals surface area (Å²) in [7, 11) is 0. The Kier molecular flexibility index (Phi) is 3.60. The lowest BCUT2D eigenvalue weighted by Crippen LogP contribution is -2.39.